The van der Waals surface area contributed by atoms with Crippen LogP contribution in [0.25, 0.3) is 0 Å². The second kappa shape index (κ2) is 1.97. The van der Waals surface area contributed by atoms with Gasteiger partial charge in [0.15, 0.2) is 5.43 Å². The number of aromatic amines is 1. The number of H-pyrrole nitrogens is 1. The van der Waals surface area contributed by atoms with Crippen molar-refractivity contribution in [1.29, 1.82) is 0 Å². The Kier molecular flexibility index (Phi) is 1.13. The van der Waals surface area contributed by atoms with Gasteiger partial charge < -0.3 is 4.98 Å². The molecule has 0 amide bonds. The molecule has 0 unspecified atom stereocenters. The van der Waals surface area contributed by atoms with Crippen molar-refractivity contribution in [2.75, 3.05) is 0 Å². The molecule has 2 heteroatoms. The summed E-state index contributed by atoms with van der Waals surface area (Å²) in [6.45, 7) is 0. The average molecular weight is 135 g/mol. The van der Waals surface area contributed by atoms with Crippen molar-refractivity contribution in [3.05, 3.63) is 34.2 Å². The van der Waals surface area contributed by atoms with Gasteiger partial charge in [0.05, 0.1) is 0 Å². The third-order valence-corrected chi connectivity index (χ3v) is 1.87. The van der Waals surface area contributed by atoms with E-state index in [-0.39, 0.29) is 5.43 Å². The summed E-state index contributed by atoms with van der Waals surface area (Å²) in [5.41, 5.74) is 1.14. The molecule has 0 radical (unpaired) electrons. The van der Waals surface area contributed by atoms with E-state index in [2.05, 4.69) is 4.98 Å². The molecule has 1 saturated carbocycles. The van der Waals surface area contributed by atoms with Crippen LogP contribution >= 0.6 is 0 Å². The maximum atomic E-state index is 11.1. The average Bonchev–Trinajstić information content (AvgIpc) is 2.71. The van der Waals surface area contributed by atoms with Gasteiger partial charge in [-0.15, -0.1) is 0 Å². The molecule has 0 atom stereocenters. The molecule has 1 N–H and O–H groups in total. The molecule has 0 aromatic carbocycles. The number of hydrogen-bond acceptors (Lipinski definition) is 1. The first-order valence-electron chi connectivity index (χ1n) is 3.55. The summed E-state index contributed by atoms with van der Waals surface area (Å²) >= 11 is 0. The summed E-state index contributed by atoms with van der Waals surface area (Å²) in [7, 11) is 0. The molecule has 1 fully saturated rings. The van der Waals surface area contributed by atoms with Gasteiger partial charge in [-0.2, -0.15) is 0 Å². The first-order valence-corrected chi connectivity index (χ1v) is 3.55. The standard InChI is InChI=1S/C8H9NO/c10-8-3-4-9-5-7(8)6-1-2-6/h3-6H,1-2H2,(H,9,10). The fourth-order valence-electron chi connectivity index (χ4n) is 1.14. The normalized spacial score (nSPS) is 17.2. The third-order valence-electron chi connectivity index (χ3n) is 1.87. The van der Waals surface area contributed by atoms with Crippen LogP contribution in [0.4, 0.5) is 0 Å². The van der Waals surface area contributed by atoms with Crippen LogP contribution in [0.3, 0.4) is 0 Å². The van der Waals surface area contributed by atoms with Gasteiger partial charge in [-0.1, -0.05) is 0 Å². The van der Waals surface area contributed by atoms with E-state index in [0.717, 1.165) is 5.56 Å². The Morgan fingerprint density at radius 2 is 2.30 bits per heavy atom. The Morgan fingerprint density at radius 1 is 1.50 bits per heavy atom. The van der Waals surface area contributed by atoms with Crippen molar-refractivity contribution in [2.45, 2.75) is 18.8 Å². The van der Waals surface area contributed by atoms with Crippen molar-refractivity contribution < 1.29 is 0 Å². The molecular weight excluding hydrogens is 126 g/mol. The van der Waals surface area contributed by atoms with E-state index in [0.29, 0.717) is 5.92 Å². The summed E-state index contributed by atoms with van der Waals surface area (Å²) in [5.74, 6) is 0.560. The lowest BCUT2D eigenvalue weighted by atomic mass is 10.2. The van der Waals surface area contributed by atoms with E-state index in [1.807, 2.05) is 6.20 Å². The fourth-order valence-corrected chi connectivity index (χ4v) is 1.14. The monoisotopic (exact) mass is 135 g/mol. The molecule has 1 aliphatic carbocycles. The minimum absolute atomic E-state index is 0.182. The van der Waals surface area contributed by atoms with Gasteiger partial charge in [0.1, 0.15) is 0 Å². The molecular formula is C8H9NO. The molecule has 10 heavy (non-hydrogen) atoms. The van der Waals surface area contributed by atoms with E-state index in [1.165, 1.54) is 12.8 Å². The minimum atomic E-state index is 0.182. The van der Waals surface area contributed by atoms with E-state index in [1.54, 1.807) is 12.3 Å². The van der Waals surface area contributed by atoms with Crippen molar-refractivity contribution in [3.63, 3.8) is 0 Å². The second-order valence-electron chi connectivity index (χ2n) is 2.74. The number of rotatable bonds is 1. The van der Waals surface area contributed by atoms with Crippen LogP contribution in [-0.4, -0.2) is 4.98 Å². The van der Waals surface area contributed by atoms with Crippen LogP contribution in [0.1, 0.15) is 24.3 Å². The highest BCUT2D eigenvalue weighted by Gasteiger charge is 2.25. The second-order valence-corrected chi connectivity index (χ2v) is 2.74. The SMILES string of the molecule is O=c1cc[nH]cc1C1CC1. The molecule has 1 aromatic rings. The Bertz CT molecular complexity index is 285. The van der Waals surface area contributed by atoms with Gasteiger partial charge in [0.2, 0.25) is 0 Å². The van der Waals surface area contributed by atoms with Crippen LogP contribution in [0, 0.1) is 0 Å². The molecule has 0 aliphatic heterocycles. The predicted molar refractivity (Wildman–Crippen MR) is 39.0 cm³/mol. The molecule has 0 bridgehead atoms. The van der Waals surface area contributed by atoms with Crippen LogP contribution in [0.15, 0.2) is 23.3 Å². The summed E-state index contributed by atoms with van der Waals surface area (Å²) in [6.07, 6.45) is 5.87. The van der Waals surface area contributed by atoms with Gasteiger partial charge in [-0.25, -0.2) is 0 Å². The van der Waals surface area contributed by atoms with Crippen LogP contribution in [0.5, 0.6) is 0 Å². The first kappa shape index (κ1) is 5.71. The number of aromatic nitrogens is 1. The fraction of sp³-hybridized carbons (Fsp3) is 0.375. The molecule has 1 heterocycles. The highest BCUT2D eigenvalue weighted by atomic mass is 16.1. The molecule has 1 aliphatic rings. The number of nitrogens with one attached hydrogen (secondary N) is 1. The molecule has 0 saturated heterocycles. The minimum Gasteiger partial charge on any atom is -0.367 e. The van der Waals surface area contributed by atoms with Gasteiger partial charge in [-0.05, 0) is 18.8 Å². The van der Waals surface area contributed by atoms with Crippen LogP contribution < -0.4 is 5.43 Å². The highest BCUT2D eigenvalue weighted by Crippen LogP contribution is 2.37. The Balaban J connectivity index is 2.48. The molecule has 2 rings (SSSR count). The summed E-state index contributed by atoms with van der Waals surface area (Å²) in [6, 6.07) is 1.59. The zero-order valence-electron chi connectivity index (χ0n) is 5.63. The van der Waals surface area contributed by atoms with Crippen molar-refractivity contribution >= 4 is 0 Å². The Morgan fingerprint density at radius 3 is 2.90 bits per heavy atom. The van der Waals surface area contributed by atoms with E-state index in [4.69, 9.17) is 0 Å². The van der Waals surface area contributed by atoms with Crippen LogP contribution in [0.2, 0.25) is 0 Å². The van der Waals surface area contributed by atoms with Crippen LogP contribution in [-0.2, 0) is 0 Å². The zero-order valence-corrected chi connectivity index (χ0v) is 5.63. The zero-order chi connectivity index (χ0) is 6.97. The highest BCUT2D eigenvalue weighted by molar-refractivity contribution is 5.19. The lowest BCUT2D eigenvalue weighted by molar-refractivity contribution is 1.07. The molecule has 52 valence electrons. The van der Waals surface area contributed by atoms with E-state index >= 15 is 0 Å². The smallest absolute Gasteiger partial charge is 0.184 e. The van der Waals surface area contributed by atoms with Gasteiger partial charge in [0.25, 0.3) is 0 Å². The van der Waals surface area contributed by atoms with Gasteiger partial charge >= 0.3 is 0 Å². The summed E-state index contributed by atoms with van der Waals surface area (Å²) < 4.78 is 0. The summed E-state index contributed by atoms with van der Waals surface area (Å²) in [4.78, 5) is 14.0. The van der Waals surface area contributed by atoms with Crippen molar-refractivity contribution in [3.8, 4) is 0 Å². The lowest BCUT2D eigenvalue weighted by Crippen LogP contribution is -2.04. The molecule has 2 nitrogen and oxygen atoms in total. The van der Waals surface area contributed by atoms with Gasteiger partial charge in [0, 0.05) is 24.0 Å². The molecule has 0 spiro atoms. The first-order chi connectivity index (χ1) is 4.88. The largest absolute Gasteiger partial charge is 0.367 e. The lowest BCUT2D eigenvalue weighted by Gasteiger charge is -1.91. The number of pyridine rings is 1. The number of hydrogen-bond donors (Lipinski definition) is 1. The topological polar surface area (TPSA) is 32.9 Å². The van der Waals surface area contributed by atoms with Crippen molar-refractivity contribution in [1.82, 2.24) is 4.98 Å². The van der Waals surface area contributed by atoms with Gasteiger partial charge in [-0.3, -0.25) is 4.79 Å². The maximum absolute atomic E-state index is 11.1. The Labute approximate surface area is 58.9 Å². The summed E-state index contributed by atoms with van der Waals surface area (Å²) in [5, 5.41) is 0. The van der Waals surface area contributed by atoms with E-state index < -0.39 is 0 Å². The van der Waals surface area contributed by atoms with Crippen molar-refractivity contribution in [2.24, 2.45) is 0 Å². The Hall–Kier alpha value is -1.05. The quantitative estimate of drug-likeness (QED) is 0.617. The predicted octanol–water partition coefficient (Wildman–Crippen LogP) is 1.25. The maximum Gasteiger partial charge on any atom is 0.184 e. The molecule has 1 aromatic heterocycles. The van der Waals surface area contributed by atoms with E-state index in [9.17, 15) is 4.79 Å². The third kappa shape index (κ3) is 0.856.